The highest BCUT2D eigenvalue weighted by Gasteiger charge is 2.32. The maximum Gasteiger partial charge on any atom is 0.243 e. The van der Waals surface area contributed by atoms with Gasteiger partial charge in [-0.1, -0.05) is 35.0 Å². The molecule has 1 aliphatic heterocycles. The van der Waals surface area contributed by atoms with E-state index < -0.39 is 16.1 Å². The molecule has 1 saturated heterocycles. The monoisotopic (exact) mass is 347 g/mol. The van der Waals surface area contributed by atoms with Gasteiger partial charge >= 0.3 is 0 Å². The van der Waals surface area contributed by atoms with Gasteiger partial charge in [0.25, 0.3) is 0 Å². The summed E-state index contributed by atoms with van der Waals surface area (Å²) in [6.07, 6.45) is 0.116. The van der Waals surface area contributed by atoms with Crippen LogP contribution < -0.4 is 0 Å². The molecule has 1 aromatic rings. The minimum Gasteiger partial charge on any atom is -0.391 e. The van der Waals surface area contributed by atoms with Crippen LogP contribution in [0.4, 0.5) is 0 Å². The maximum atomic E-state index is 12.4. The van der Waals surface area contributed by atoms with E-state index in [0.717, 1.165) is 5.56 Å². The van der Waals surface area contributed by atoms with E-state index >= 15 is 0 Å². The summed E-state index contributed by atoms with van der Waals surface area (Å²) in [6.45, 7) is 2.60. The lowest BCUT2D eigenvalue weighted by molar-refractivity contribution is 0.0605. The number of β-amino-alcohol motifs (C(OH)–C–C–N with tert-alkyl or cyclic N) is 1. The lowest BCUT2D eigenvalue weighted by atomic mass is 9.98. The molecule has 106 valence electrons. The Balaban J connectivity index is 2.21. The zero-order valence-electron chi connectivity index (χ0n) is 10.8. The molecule has 0 aliphatic carbocycles. The lowest BCUT2D eigenvalue weighted by Crippen LogP contribution is -2.45. The second-order valence-electron chi connectivity index (χ2n) is 4.97. The summed E-state index contributed by atoms with van der Waals surface area (Å²) in [5, 5.41) is 10.5. The molecule has 19 heavy (non-hydrogen) atoms. The number of aliphatic hydroxyl groups is 1. The summed E-state index contributed by atoms with van der Waals surface area (Å²) in [6, 6.07) is 6.84. The average Bonchev–Trinajstić information content (AvgIpc) is 2.41. The van der Waals surface area contributed by atoms with Crippen molar-refractivity contribution in [3.63, 3.8) is 0 Å². The van der Waals surface area contributed by atoms with Crippen LogP contribution in [0, 0.1) is 5.92 Å². The number of benzene rings is 1. The van der Waals surface area contributed by atoms with E-state index in [1.54, 1.807) is 24.3 Å². The topological polar surface area (TPSA) is 57.6 Å². The first-order valence-corrected chi connectivity index (χ1v) is 8.84. The zero-order valence-corrected chi connectivity index (χ0v) is 13.2. The zero-order chi connectivity index (χ0) is 14.0. The van der Waals surface area contributed by atoms with Crippen LogP contribution in [0.1, 0.15) is 18.9 Å². The Hall–Kier alpha value is -0.430. The number of hydrogen-bond donors (Lipinski definition) is 1. The van der Waals surface area contributed by atoms with Crippen LogP contribution in [-0.2, 0) is 15.4 Å². The minimum absolute atomic E-state index is 0.155. The molecule has 0 aromatic heterocycles. The van der Waals surface area contributed by atoms with Crippen LogP contribution in [0.5, 0.6) is 0 Å². The fraction of sp³-hybridized carbons (Fsp3) is 0.538. The molecule has 6 heteroatoms. The highest BCUT2D eigenvalue weighted by atomic mass is 79.9. The number of piperidine rings is 1. The van der Waals surface area contributed by atoms with Crippen molar-refractivity contribution >= 4 is 26.0 Å². The average molecular weight is 348 g/mol. The van der Waals surface area contributed by atoms with Gasteiger partial charge in [-0.2, -0.15) is 4.31 Å². The van der Waals surface area contributed by atoms with Crippen LogP contribution in [0.25, 0.3) is 0 Å². The smallest absolute Gasteiger partial charge is 0.243 e. The first kappa shape index (κ1) is 15.0. The molecular formula is C13H18BrNO3S. The van der Waals surface area contributed by atoms with Crippen LogP contribution in [0.2, 0.25) is 0 Å². The van der Waals surface area contributed by atoms with Crippen molar-refractivity contribution in [3.8, 4) is 0 Å². The van der Waals surface area contributed by atoms with E-state index in [1.165, 1.54) is 4.31 Å². The van der Waals surface area contributed by atoms with E-state index in [4.69, 9.17) is 0 Å². The number of alkyl halides is 1. The van der Waals surface area contributed by atoms with Gasteiger partial charge in [0, 0.05) is 18.4 Å². The summed E-state index contributed by atoms with van der Waals surface area (Å²) in [5.41, 5.74) is 1.03. The largest absolute Gasteiger partial charge is 0.391 e. The molecule has 1 N–H and O–H groups in total. The van der Waals surface area contributed by atoms with E-state index in [1.807, 2.05) is 6.92 Å². The van der Waals surface area contributed by atoms with Crippen molar-refractivity contribution in [1.29, 1.82) is 0 Å². The maximum absolute atomic E-state index is 12.4. The second-order valence-corrected chi connectivity index (χ2v) is 7.47. The molecular weight excluding hydrogens is 330 g/mol. The van der Waals surface area contributed by atoms with E-state index in [0.29, 0.717) is 23.2 Å². The predicted octanol–water partition coefficient (Wildman–Crippen LogP) is 1.97. The van der Waals surface area contributed by atoms with Crippen LogP contribution in [-0.4, -0.2) is 37.0 Å². The van der Waals surface area contributed by atoms with Crippen molar-refractivity contribution in [2.75, 3.05) is 13.1 Å². The Morgan fingerprint density at radius 2 is 2.00 bits per heavy atom. The van der Waals surface area contributed by atoms with Gasteiger partial charge in [-0.05, 0) is 30.0 Å². The molecule has 1 heterocycles. The second kappa shape index (κ2) is 5.91. The Morgan fingerprint density at radius 3 is 2.53 bits per heavy atom. The number of nitrogens with zero attached hydrogens (tertiary/aromatic N) is 1. The molecule has 0 amide bonds. The standard InChI is InChI=1S/C13H18BrNO3S/c1-10-6-7-15(9-13(10)16)19(17,18)12-4-2-11(8-14)3-5-12/h2-5,10,13,16H,6-9H2,1H3. The summed E-state index contributed by atoms with van der Waals surface area (Å²) in [4.78, 5) is 0.291. The normalized spacial score (nSPS) is 25.4. The highest BCUT2D eigenvalue weighted by molar-refractivity contribution is 9.08. The molecule has 0 radical (unpaired) electrons. The Morgan fingerprint density at radius 1 is 1.37 bits per heavy atom. The molecule has 0 bridgehead atoms. The third kappa shape index (κ3) is 3.18. The van der Waals surface area contributed by atoms with Crippen molar-refractivity contribution in [3.05, 3.63) is 29.8 Å². The molecule has 0 saturated carbocycles. The lowest BCUT2D eigenvalue weighted by Gasteiger charge is -2.33. The molecule has 2 atom stereocenters. The summed E-state index contributed by atoms with van der Waals surface area (Å²) >= 11 is 3.33. The number of rotatable bonds is 3. The number of sulfonamides is 1. The van der Waals surface area contributed by atoms with E-state index in [2.05, 4.69) is 15.9 Å². The quantitative estimate of drug-likeness (QED) is 0.850. The Kier molecular flexibility index (Phi) is 4.66. The van der Waals surface area contributed by atoms with Crippen molar-refractivity contribution < 1.29 is 13.5 Å². The predicted molar refractivity (Wildman–Crippen MR) is 77.6 cm³/mol. The molecule has 2 unspecified atom stereocenters. The minimum atomic E-state index is -3.49. The molecule has 2 rings (SSSR count). The van der Waals surface area contributed by atoms with Crippen LogP contribution in [0.3, 0.4) is 0 Å². The van der Waals surface area contributed by atoms with E-state index in [-0.39, 0.29) is 12.5 Å². The molecule has 1 aliphatic rings. The van der Waals surface area contributed by atoms with Gasteiger partial charge in [0.1, 0.15) is 0 Å². The van der Waals surface area contributed by atoms with Gasteiger partial charge in [-0.15, -0.1) is 0 Å². The number of hydrogen-bond acceptors (Lipinski definition) is 3. The fourth-order valence-electron chi connectivity index (χ4n) is 2.14. The summed E-state index contributed by atoms with van der Waals surface area (Å²) in [7, 11) is -3.49. The first-order chi connectivity index (χ1) is 8.95. The molecule has 1 fully saturated rings. The van der Waals surface area contributed by atoms with Gasteiger partial charge in [0.15, 0.2) is 0 Å². The third-order valence-corrected chi connectivity index (χ3v) is 6.12. The van der Waals surface area contributed by atoms with Gasteiger partial charge in [0.05, 0.1) is 11.0 Å². The first-order valence-electron chi connectivity index (χ1n) is 6.28. The SMILES string of the molecule is CC1CCN(S(=O)(=O)c2ccc(CBr)cc2)CC1O. The molecule has 0 spiro atoms. The number of aliphatic hydroxyl groups excluding tert-OH is 1. The molecule has 1 aromatic carbocycles. The van der Waals surface area contributed by atoms with Crippen LogP contribution >= 0.6 is 15.9 Å². The Labute approximate surface area is 122 Å². The van der Waals surface area contributed by atoms with Crippen molar-refractivity contribution in [2.45, 2.75) is 29.7 Å². The van der Waals surface area contributed by atoms with Gasteiger partial charge in [-0.25, -0.2) is 8.42 Å². The van der Waals surface area contributed by atoms with Gasteiger partial charge in [0.2, 0.25) is 10.0 Å². The summed E-state index contributed by atoms with van der Waals surface area (Å²) < 4.78 is 26.3. The highest BCUT2D eigenvalue weighted by Crippen LogP contribution is 2.24. The van der Waals surface area contributed by atoms with E-state index in [9.17, 15) is 13.5 Å². The molecule has 4 nitrogen and oxygen atoms in total. The Bertz CT molecular complexity index is 529. The third-order valence-electron chi connectivity index (χ3n) is 3.60. The van der Waals surface area contributed by atoms with Gasteiger partial charge in [-0.3, -0.25) is 0 Å². The van der Waals surface area contributed by atoms with Crippen molar-refractivity contribution in [2.24, 2.45) is 5.92 Å². The van der Waals surface area contributed by atoms with Crippen LogP contribution in [0.15, 0.2) is 29.2 Å². The fourth-order valence-corrected chi connectivity index (χ4v) is 3.98. The number of halogens is 1. The summed E-state index contributed by atoms with van der Waals surface area (Å²) in [5.74, 6) is 0.155. The van der Waals surface area contributed by atoms with Gasteiger partial charge < -0.3 is 5.11 Å². The van der Waals surface area contributed by atoms with Crippen molar-refractivity contribution in [1.82, 2.24) is 4.31 Å².